The first-order valence-electron chi connectivity index (χ1n) is 10.5. The average molecular weight is 415 g/mol. The number of methoxy groups -OCH3 is 2. The molecule has 1 aromatic heterocycles. The zero-order valence-electron chi connectivity index (χ0n) is 17.9. The normalized spacial score (nSPS) is 20.0. The second-order valence-corrected chi connectivity index (χ2v) is 8.11. The van der Waals surface area contributed by atoms with Gasteiger partial charge in [0.2, 0.25) is 0 Å². The van der Waals surface area contributed by atoms with Crippen LogP contribution >= 0.6 is 0 Å². The van der Waals surface area contributed by atoms with Crippen molar-refractivity contribution in [2.45, 2.75) is 31.6 Å². The zero-order valence-corrected chi connectivity index (χ0v) is 17.9. The van der Waals surface area contributed by atoms with Crippen LogP contribution in [-0.4, -0.2) is 30.2 Å². The SMILES string of the molecule is COc1ccc([C@H]2CC(=O)C3=C(C2)Nc2n[nH]c(C)c2[C@H]3c2ccccc2)cc1OC. The Morgan fingerprint density at radius 1 is 0.968 bits per heavy atom. The topological polar surface area (TPSA) is 76.2 Å². The number of anilines is 1. The molecule has 6 nitrogen and oxygen atoms in total. The van der Waals surface area contributed by atoms with Crippen LogP contribution in [0.5, 0.6) is 11.5 Å². The zero-order chi connectivity index (χ0) is 21.5. The molecule has 2 aromatic carbocycles. The van der Waals surface area contributed by atoms with Gasteiger partial charge in [0.25, 0.3) is 0 Å². The summed E-state index contributed by atoms with van der Waals surface area (Å²) in [5.41, 5.74) is 6.05. The highest BCUT2D eigenvalue weighted by Crippen LogP contribution is 2.48. The van der Waals surface area contributed by atoms with Crippen molar-refractivity contribution in [2.24, 2.45) is 0 Å². The Hall–Kier alpha value is -3.54. The van der Waals surface area contributed by atoms with Gasteiger partial charge in [0, 0.05) is 34.9 Å². The van der Waals surface area contributed by atoms with Crippen molar-refractivity contribution in [2.75, 3.05) is 19.5 Å². The van der Waals surface area contributed by atoms with Gasteiger partial charge in [-0.15, -0.1) is 0 Å². The molecule has 0 bridgehead atoms. The van der Waals surface area contributed by atoms with E-state index in [1.165, 1.54) is 0 Å². The first-order valence-corrected chi connectivity index (χ1v) is 10.5. The number of nitrogens with zero attached hydrogens (tertiary/aromatic N) is 1. The molecule has 6 heteroatoms. The van der Waals surface area contributed by atoms with Gasteiger partial charge in [0.15, 0.2) is 23.1 Å². The van der Waals surface area contributed by atoms with Crippen molar-refractivity contribution >= 4 is 11.6 Å². The van der Waals surface area contributed by atoms with Gasteiger partial charge in [-0.3, -0.25) is 9.89 Å². The summed E-state index contributed by atoms with van der Waals surface area (Å²) in [5.74, 6) is 2.31. The Kier molecular flexibility index (Phi) is 4.77. The molecule has 158 valence electrons. The van der Waals surface area contributed by atoms with Gasteiger partial charge in [0.05, 0.1) is 14.2 Å². The van der Waals surface area contributed by atoms with E-state index >= 15 is 0 Å². The van der Waals surface area contributed by atoms with E-state index in [0.29, 0.717) is 17.9 Å². The van der Waals surface area contributed by atoms with E-state index in [-0.39, 0.29) is 17.6 Å². The lowest BCUT2D eigenvalue weighted by Gasteiger charge is -2.35. The Morgan fingerprint density at radius 3 is 2.48 bits per heavy atom. The molecule has 1 aliphatic heterocycles. The van der Waals surface area contributed by atoms with Crippen molar-refractivity contribution in [3.8, 4) is 11.5 Å². The van der Waals surface area contributed by atoms with E-state index in [0.717, 1.165) is 45.9 Å². The molecule has 0 saturated heterocycles. The van der Waals surface area contributed by atoms with Crippen LogP contribution in [0.2, 0.25) is 0 Å². The maximum Gasteiger partial charge on any atom is 0.162 e. The number of aromatic amines is 1. The highest BCUT2D eigenvalue weighted by molar-refractivity contribution is 6.01. The fraction of sp³-hybridized carbons (Fsp3) is 0.280. The lowest BCUT2D eigenvalue weighted by molar-refractivity contribution is -0.116. The molecule has 5 rings (SSSR count). The number of ether oxygens (including phenoxy) is 2. The standard InChI is InChI=1S/C25H25N3O3/c1-14-22-23(15-7-5-4-6-8-15)24-18(26-25(22)28-27-14)11-17(12-19(24)29)16-9-10-20(30-2)21(13-16)31-3/h4-10,13,17,23H,11-12H2,1-3H3,(H2,26,27,28)/t17-,23-/m1/s1. The third kappa shape index (κ3) is 3.19. The molecule has 2 atom stereocenters. The number of carbonyl (C=O) groups is 1. The Morgan fingerprint density at radius 2 is 1.74 bits per heavy atom. The highest BCUT2D eigenvalue weighted by atomic mass is 16.5. The van der Waals surface area contributed by atoms with Crippen molar-refractivity contribution in [3.63, 3.8) is 0 Å². The lowest BCUT2D eigenvalue weighted by Crippen LogP contribution is -2.29. The summed E-state index contributed by atoms with van der Waals surface area (Å²) in [6, 6.07) is 16.1. The number of Topliss-reactive ketones (excluding diaryl/α,β-unsaturated/α-hetero) is 1. The number of benzene rings is 2. The second-order valence-electron chi connectivity index (χ2n) is 8.11. The van der Waals surface area contributed by atoms with Gasteiger partial charge in [-0.25, -0.2) is 0 Å². The van der Waals surface area contributed by atoms with Gasteiger partial charge in [-0.2, -0.15) is 5.10 Å². The summed E-state index contributed by atoms with van der Waals surface area (Å²) < 4.78 is 10.8. The smallest absolute Gasteiger partial charge is 0.162 e. The number of carbonyl (C=O) groups excluding carboxylic acids is 1. The summed E-state index contributed by atoms with van der Waals surface area (Å²) in [6.45, 7) is 2.01. The maximum atomic E-state index is 13.5. The molecule has 0 amide bonds. The number of hydrogen-bond acceptors (Lipinski definition) is 5. The molecule has 1 aliphatic carbocycles. The number of nitrogens with one attached hydrogen (secondary N) is 2. The van der Waals surface area contributed by atoms with Crippen LogP contribution < -0.4 is 14.8 Å². The van der Waals surface area contributed by atoms with E-state index in [4.69, 9.17) is 9.47 Å². The number of allylic oxidation sites excluding steroid dienone is 2. The minimum atomic E-state index is -0.106. The Labute approximate surface area is 181 Å². The van der Waals surface area contributed by atoms with Crippen LogP contribution in [-0.2, 0) is 4.79 Å². The first-order chi connectivity index (χ1) is 15.1. The fourth-order valence-corrected chi connectivity index (χ4v) is 4.88. The Bertz CT molecular complexity index is 1180. The quantitative estimate of drug-likeness (QED) is 0.646. The third-order valence-corrected chi connectivity index (χ3v) is 6.36. The summed E-state index contributed by atoms with van der Waals surface area (Å²) in [7, 11) is 3.25. The van der Waals surface area contributed by atoms with Crippen molar-refractivity contribution < 1.29 is 14.3 Å². The monoisotopic (exact) mass is 415 g/mol. The largest absolute Gasteiger partial charge is 0.493 e. The van der Waals surface area contributed by atoms with Crippen molar-refractivity contribution in [3.05, 3.63) is 82.2 Å². The summed E-state index contributed by atoms with van der Waals surface area (Å²) in [5, 5.41) is 11.0. The summed E-state index contributed by atoms with van der Waals surface area (Å²) in [6.07, 6.45) is 1.21. The molecule has 2 N–H and O–H groups in total. The van der Waals surface area contributed by atoms with Crippen LogP contribution in [0.25, 0.3) is 0 Å². The molecule has 0 unspecified atom stereocenters. The van der Waals surface area contributed by atoms with Crippen LogP contribution in [0.1, 0.15) is 47.1 Å². The number of fused-ring (bicyclic) bond motifs is 1. The minimum absolute atomic E-state index is 0.0663. The van der Waals surface area contributed by atoms with E-state index < -0.39 is 0 Å². The number of rotatable bonds is 4. The fourth-order valence-electron chi connectivity index (χ4n) is 4.88. The average Bonchev–Trinajstić information content (AvgIpc) is 3.17. The molecule has 0 spiro atoms. The predicted octanol–water partition coefficient (Wildman–Crippen LogP) is 4.69. The second kappa shape index (κ2) is 7.61. The molecule has 31 heavy (non-hydrogen) atoms. The van der Waals surface area contributed by atoms with Crippen LogP contribution in [0.3, 0.4) is 0 Å². The van der Waals surface area contributed by atoms with Crippen molar-refractivity contribution in [1.29, 1.82) is 0 Å². The van der Waals surface area contributed by atoms with Gasteiger partial charge < -0.3 is 14.8 Å². The van der Waals surface area contributed by atoms with E-state index in [1.807, 2.05) is 43.3 Å². The molecule has 0 fully saturated rings. The van der Waals surface area contributed by atoms with Gasteiger partial charge >= 0.3 is 0 Å². The van der Waals surface area contributed by atoms with Crippen molar-refractivity contribution in [1.82, 2.24) is 10.2 Å². The number of aromatic nitrogens is 2. The van der Waals surface area contributed by atoms with Gasteiger partial charge in [-0.1, -0.05) is 36.4 Å². The number of H-pyrrole nitrogens is 1. The molecule has 3 aromatic rings. The molecular weight excluding hydrogens is 390 g/mol. The van der Waals surface area contributed by atoms with Crippen LogP contribution in [0.15, 0.2) is 59.8 Å². The maximum absolute atomic E-state index is 13.5. The van der Waals surface area contributed by atoms with E-state index in [2.05, 4.69) is 27.6 Å². The molecular formula is C25H25N3O3. The number of aryl methyl sites for hydroxylation is 1. The molecule has 2 aliphatic rings. The summed E-state index contributed by atoms with van der Waals surface area (Å²) in [4.78, 5) is 13.5. The highest BCUT2D eigenvalue weighted by Gasteiger charge is 2.40. The molecule has 0 radical (unpaired) electrons. The first kappa shape index (κ1) is 19.4. The molecule has 0 saturated carbocycles. The Balaban J connectivity index is 1.57. The molecule has 2 heterocycles. The van der Waals surface area contributed by atoms with E-state index in [9.17, 15) is 4.79 Å². The minimum Gasteiger partial charge on any atom is -0.493 e. The van der Waals surface area contributed by atoms with E-state index in [1.54, 1.807) is 14.2 Å². The summed E-state index contributed by atoms with van der Waals surface area (Å²) >= 11 is 0. The predicted molar refractivity (Wildman–Crippen MR) is 119 cm³/mol. The third-order valence-electron chi connectivity index (χ3n) is 6.36. The lowest BCUT2D eigenvalue weighted by atomic mass is 9.72. The van der Waals surface area contributed by atoms with Crippen LogP contribution in [0, 0.1) is 6.92 Å². The van der Waals surface area contributed by atoms with Gasteiger partial charge in [0.1, 0.15) is 0 Å². The number of ketones is 1. The number of hydrogen-bond donors (Lipinski definition) is 2. The van der Waals surface area contributed by atoms with Crippen LogP contribution in [0.4, 0.5) is 5.82 Å². The van der Waals surface area contributed by atoms with Gasteiger partial charge in [-0.05, 0) is 42.5 Å².